The fourth-order valence-electron chi connectivity index (χ4n) is 2.45. The van der Waals surface area contributed by atoms with Crippen LogP contribution in [-0.2, 0) is 6.54 Å². The molecule has 0 spiro atoms. The van der Waals surface area contributed by atoms with Gasteiger partial charge in [0.25, 0.3) is 0 Å². The van der Waals surface area contributed by atoms with E-state index < -0.39 is 0 Å². The van der Waals surface area contributed by atoms with Gasteiger partial charge in [-0.1, -0.05) is 12.1 Å². The molecule has 2 aliphatic rings. The summed E-state index contributed by atoms with van der Waals surface area (Å²) in [6, 6.07) is 9.06. The largest absolute Gasteiger partial charge is 0.326 e. The molecule has 1 heterocycles. The Morgan fingerprint density at radius 2 is 1.85 bits per heavy atom. The molecule has 2 aliphatic carbocycles. The summed E-state index contributed by atoms with van der Waals surface area (Å²) in [7, 11) is 0. The number of hydrogen-bond acceptors (Lipinski definition) is 4. The molecular weight excluding hydrogens is 268 g/mol. The van der Waals surface area contributed by atoms with Crippen molar-refractivity contribution >= 4 is 11.8 Å². The quantitative estimate of drug-likeness (QED) is 0.917. The van der Waals surface area contributed by atoms with Gasteiger partial charge in [0.15, 0.2) is 5.16 Å². The SMILES string of the molecule is NCc1ccc(Sc2nnc(C3CC3)n2C2CC2)cc1. The van der Waals surface area contributed by atoms with Gasteiger partial charge >= 0.3 is 0 Å². The highest BCUT2D eigenvalue weighted by atomic mass is 32.2. The number of aromatic nitrogens is 3. The van der Waals surface area contributed by atoms with Crippen molar-refractivity contribution in [2.45, 2.75) is 54.2 Å². The van der Waals surface area contributed by atoms with Gasteiger partial charge in [0.05, 0.1) is 0 Å². The highest BCUT2D eigenvalue weighted by Gasteiger charge is 2.36. The first-order chi connectivity index (χ1) is 9.85. The zero-order valence-corrected chi connectivity index (χ0v) is 12.1. The van der Waals surface area contributed by atoms with Crippen LogP contribution >= 0.6 is 11.8 Å². The summed E-state index contributed by atoms with van der Waals surface area (Å²) in [6.45, 7) is 0.592. The molecule has 2 N–H and O–H groups in total. The summed E-state index contributed by atoms with van der Waals surface area (Å²) in [6.07, 6.45) is 5.11. The van der Waals surface area contributed by atoms with Gasteiger partial charge in [0.1, 0.15) is 5.82 Å². The molecule has 2 fully saturated rings. The second kappa shape index (κ2) is 4.90. The van der Waals surface area contributed by atoms with Gasteiger partial charge in [-0.3, -0.25) is 0 Å². The minimum Gasteiger partial charge on any atom is -0.326 e. The van der Waals surface area contributed by atoms with Gasteiger partial charge in [-0.25, -0.2) is 0 Å². The normalized spacial score (nSPS) is 18.4. The Hall–Kier alpha value is -1.33. The summed E-state index contributed by atoms with van der Waals surface area (Å²) in [5.74, 6) is 1.88. The lowest BCUT2D eigenvalue weighted by atomic mass is 10.2. The van der Waals surface area contributed by atoms with Crippen LogP contribution in [0, 0.1) is 0 Å². The molecule has 0 bridgehead atoms. The number of rotatable bonds is 5. The van der Waals surface area contributed by atoms with E-state index in [1.54, 1.807) is 11.8 Å². The molecule has 104 valence electrons. The smallest absolute Gasteiger partial charge is 0.196 e. The zero-order valence-electron chi connectivity index (χ0n) is 11.3. The molecule has 0 unspecified atom stereocenters. The third-order valence-corrected chi connectivity index (χ3v) is 4.88. The van der Waals surface area contributed by atoms with Crippen LogP contribution in [0.3, 0.4) is 0 Å². The first kappa shape index (κ1) is 12.4. The Bertz CT molecular complexity index is 611. The highest BCUT2D eigenvalue weighted by Crippen LogP contribution is 2.46. The van der Waals surface area contributed by atoms with E-state index in [1.807, 2.05) is 0 Å². The highest BCUT2D eigenvalue weighted by molar-refractivity contribution is 7.99. The van der Waals surface area contributed by atoms with E-state index in [0.717, 1.165) is 10.7 Å². The standard InChI is InChI=1S/C15H18N4S/c16-9-10-1-7-13(8-2-10)20-15-18-17-14(11-3-4-11)19(15)12-5-6-12/h1-2,7-8,11-12H,3-6,9,16H2. The number of benzene rings is 1. The maximum absolute atomic E-state index is 5.63. The van der Waals surface area contributed by atoms with Gasteiger partial charge in [-0.05, 0) is 55.1 Å². The fourth-order valence-corrected chi connectivity index (χ4v) is 3.36. The van der Waals surface area contributed by atoms with Gasteiger partial charge in [-0.2, -0.15) is 0 Å². The molecule has 4 nitrogen and oxygen atoms in total. The number of hydrogen-bond donors (Lipinski definition) is 1. The van der Waals surface area contributed by atoms with Crippen molar-refractivity contribution in [1.29, 1.82) is 0 Å². The van der Waals surface area contributed by atoms with Crippen molar-refractivity contribution in [2.75, 3.05) is 0 Å². The zero-order chi connectivity index (χ0) is 13.5. The van der Waals surface area contributed by atoms with Crippen LogP contribution in [0.15, 0.2) is 34.3 Å². The summed E-state index contributed by atoms with van der Waals surface area (Å²) in [5, 5.41) is 9.92. The summed E-state index contributed by atoms with van der Waals surface area (Å²) >= 11 is 1.72. The van der Waals surface area contributed by atoms with E-state index >= 15 is 0 Å². The lowest BCUT2D eigenvalue weighted by Crippen LogP contribution is -2.01. The van der Waals surface area contributed by atoms with E-state index in [1.165, 1.54) is 36.4 Å². The molecular formula is C15H18N4S. The van der Waals surface area contributed by atoms with Crippen LogP contribution in [-0.4, -0.2) is 14.8 Å². The van der Waals surface area contributed by atoms with E-state index in [4.69, 9.17) is 5.73 Å². The van der Waals surface area contributed by atoms with Crippen LogP contribution in [0.5, 0.6) is 0 Å². The van der Waals surface area contributed by atoms with Gasteiger partial charge in [0.2, 0.25) is 0 Å². The Kier molecular flexibility index (Phi) is 3.04. The third kappa shape index (κ3) is 2.36. The molecule has 0 amide bonds. The van der Waals surface area contributed by atoms with Crippen LogP contribution in [0.25, 0.3) is 0 Å². The minimum atomic E-state index is 0.592. The molecule has 0 atom stereocenters. The van der Waals surface area contributed by atoms with Crippen LogP contribution in [0.1, 0.15) is 49.0 Å². The van der Waals surface area contributed by atoms with Crippen molar-refractivity contribution in [3.05, 3.63) is 35.7 Å². The maximum Gasteiger partial charge on any atom is 0.196 e. The Morgan fingerprint density at radius 3 is 2.45 bits per heavy atom. The molecule has 5 heteroatoms. The Labute approximate surface area is 122 Å². The lowest BCUT2D eigenvalue weighted by molar-refractivity contribution is 0.627. The van der Waals surface area contributed by atoms with Crippen molar-refractivity contribution in [1.82, 2.24) is 14.8 Å². The molecule has 1 aromatic heterocycles. The molecule has 20 heavy (non-hydrogen) atoms. The predicted molar refractivity (Wildman–Crippen MR) is 78.7 cm³/mol. The molecule has 2 aromatic rings. The van der Waals surface area contributed by atoms with Gasteiger partial charge in [-0.15, -0.1) is 10.2 Å². The van der Waals surface area contributed by atoms with Crippen molar-refractivity contribution in [2.24, 2.45) is 5.73 Å². The van der Waals surface area contributed by atoms with Crippen LogP contribution < -0.4 is 5.73 Å². The number of nitrogens with zero attached hydrogens (tertiary/aromatic N) is 3. The van der Waals surface area contributed by atoms with E-state index in [0.29, 0.717) is 18.5 Å². The lowest BCUT2D eigenvalue weighted by Gasteiger charge is -2.08. The Balaban J connectivity index is 1.61. The molecule has 0 aliphatic heterocycles. The fraction of sp³-hybridized carbons (Fsp3) is 0.467. The summed E-state index contributed by atoms with van der Waals surface area (Å²) in [4.78, 5) is 1.21. The number of nitrogens with two attached hydrogens (primary N) is 1. The van der Waals surface area contributed by atoms with E-state index in [9.17, 15) is 0 Å². The van der Waals surface area contributed by atoms with E-state index in [-0.39, 0.29) is 0 Å². The van der Waals surface area contributed by atoms with Crippen LogP contribution in [0.4, 0.5) is 0 Å². The van der Waals surface area contributed by atoms with Crippen molar-refractivity contribution in [3.63, 3.8) is 0 Å². The average Bonchev–Trinajstić information content (AvgIpc) is 3.39. The van der Waals surface area contributed by atoms with Crippen molar-refractivity contribution < 1.29 is 0 Å². The molecule has 2 saturated carbocycles. The third-order valence-electron chi connectivity index (χ3n) is 3.91. The van der Waals surface area contributed by atoms with Crippen LogP contribution in [0.2, 0.25) is 0 Å². The maximum atomic E-state index is 5.63. The molecule has 0 radical (unpaired) electrons. The second-order valence-electron chi connectivity index (χ2n) is 5.67. The first-order valence-electron chi connectivity index (χ1n) is 7.27. The molecule has 4 rings (SSSR count). The second-order valence-corrected chi connectivity index (χ2v) is 6.71. The van der Waals surface area contributed by atoms with E-state index in [2.05, 4.69) is 39.0 Å². The monoisotopic (exact) mass is 286 g/mol. The molecule has 0 saturated heterocycles. The predicted octanol–water partition coefficient (Wildman–Crippen LogP) is 3.10. The Morgan fingerprint density at radius 1 is 1.10 bits per heavy atom. The van der Waals surface area contributed by atoms with Gasteiger partial charge in [0, 0.05) is 23.4 Å². The molecule has 1 aromatic carbocycles. The minimum absolute atomic E-state index is 0.592. The van der Waals surface area contributed by atoms with Crippen molar-refractivity contribution in [3.8, 4) is 0 Å². The average molecular weight is 286 g/mol. The summed E-state index contributed by atoms with van der Waals surface area (Å²) < 4.78 is 2.39. The topological polar surface area (TPSA) is 56.7 Å². The van der Waals surface area contributed by atoms with Gasteiger partial charge < -0.3 is 10.3 Å². The summed E-state index contributed by atoms with van der Waals surface area (Å²) in [5.41, 5.74) is 6.80. The first-order valence-corrected chi connectivity index (χ1v) is 8.08.